The number of fused-ring (bicyclic) bond motifs is 1. The van der Waals surface area contributed by atoms with E-state index in [1.807, 2.05) is 34.8 Å². The summed E-state index contributed by atoms with van der Waals surface area (Å²) >= 11 is 0. The first-order chi connectivity index (χ1) is 11.2. The molecule has 0 radical (unpaired) electrons. The second-order valence-corrected chi connectivity index (χ2v) is 5.92. The standard InChI is InChI=1S/C17H16N6/c1-11(14-4-2-3-12(9-14)10-18)19-15-7-8-16-20-21-17(13-5-6-13)23(16)22-15/h2-4,7-9,11,13H,5-6H2,1H3,(H,19,22). The Bertz CT molecular complexity index is 903. The molecule has 3 aromatic rings. The smallest absolute Gasteiger partial charge is 0.178 e. The Labute approximate surface area is 133 Å². The van der Waals surface area contributed by atoms with Gasteiger partial charge in [-0.3, -0.25) is 0 Å². The predicted molar refractivity (Wildman–Crippen MR) is 86.0 cm³/mol. The molecule has 1 aromatic carbocycles. The summed E-state index contributed by atoms with van der Waals surface area (Å²) in [6.07, 6.45) is 2.33. The SMILES string of the molecule is CC(Nc1ccc2nnc(C3CC3)n2n1)c1cccc(C#N)c1. The van der Waals surface area contributed by atoms with Crippen LogP contribution >= 0.6 is 0 Å². The van der Waals surface area contributed by atoms with Crippen LogP contribution in [0.5, 0.6) is 0 Å². The first-order valence-corrected chi connectivity index (χ1v) is 7.73. The lowest BCUT2D eigenvalue weighted by atomic mass is 10.1. The van der Waals surface area contributed by atoms with Gasteiger partial charge in [0.05, 0.1) is 17.7 Å². The van der Waals surface area contributed by atoms with Gasteiger partial charge in [-0.1, -0.05) is 12.1 Å². The summed E-state index contributed by atoms with van der Waals surface area (Å²) in [6, 6.07) is 13.7. The predicted octanol–water partition coefficient (Wildman–Crippen LogP) is 3.05. The highest BCUT2D eigenvalue weighted by atomic mass is 15.4. The molecule has 2 aromatic heterocycles. The number of hydrogen-bond acceptors (Lipinski definition) is 5. The zero-order chi connectivity index (χ0) is 15.8. The van der Waals surface area contributed by atoms with Crippen molar-refractivity contribution in [3.05, 3.63) is 53.3 Å². The van der Waals surface area contributed by atoms with Crippen molar-refractivity contribution in [3.63, 3.8) is 0 Å². The van der Waals surface area contributed by atoms with Crippen LogP contribution in [0.15, 0.2) is 36.4 Å². The van der Waals surface area contributed by atoms with Crippen LogP contribution in [0.25, 0.3) is 5.65 Å². The molecule has 4 rings (SSSR count). The minimum atomic E-state index is 0.0501. The largest absolute Gasteiger partial charge is 0.362 e. The first-order valence-electron chi connectivity index (χ1n) is 7.73. The Kier molecular flexibility index (Phi) is 3.19. The zero-order valence-corrected chi connectivity index (χ0v) is 12.8. The van der Waals surface area contributed by atoms with Crippen LogP contribution < -0.4 is 5.32 Å². The Morgan fingerprint density at radius 3 is 2.91 bits per heavy atom. The molecular formula is C17H16N6. The quantitative estimate of drug-likeness (QED) is 0.801. The van der Waals surface area contributed by atoms with Gasteiger partial charge in [0.15, 0.2) is 11.5 Å². The van der Waals surface area contributed by atoms with Crippen LogP contribution in [-0.2, 0) is 0 Å². The van der Waals surface area contributed by atoms with Crippen LogP contribution in [0.1, 0.15) is 48.7 Å². The van der Waals surface area contributed by atoms with E-state index in [1.165, 1.54) is 0 Å². The van der Waals surface area contributed by atoms with Gasteiger partial charge in [-0.2, -0.15) is 9.78 Å². The molecule has 1 fully saturated rings. The Hall–Kier alpha value is -2.94. The fourth-order valence-corrected chi connectivity index (χ4v) is 2.66. The van der Waals surface area contributed by atoms with Gasteiger partial charge in [-0.15, -0.1) is 15.3 Å². The molecule has 1 saturated carbocycles. The van der Waals surface area contributed by atoms with Crippen LogP contribution in [0.4, 0.5) is 5.82 Å². The number of nitriles is 1. The third-order valence-electron chi connectivity index (χ3n) is 4.11. The number of aromatic nitrogens is 4. The van der Waals surface area contributed by atoms with E-state index < -0.39 is 0 Å². The lowest BCUT2D eigenvalue weighted by Crippen LogP contribution is -2.10. The monoisotopic (exact) mass is 304 g/mol. The molecular weight excluding hydrogens is 288 g/mol. The van der Waals surface area contributed by atoms with Crippen molar-refractivity contribution in [1.29, 1.82) is 5.26 Å². The van der Waals surface area contributed by atoms with Crippen molar-refractivity contribution in [3.8, 4) is 6.07 Å². The second kappa shape index (κ2) is 5.36. The van der Waals surface area contributed by atoms with Gasteiger partial charge in [0.2, 0.25) is 0 Å². The van der Waals surface area contributed by atoms with Crippen LogP contribution in [0.3, 0.4) is 0 Å². The van der Waals surface area contributed by atoms with Gasteiger partial charge in [0, 0.05) is 5.92 Å². The van der Waals surface area contributed by atoms with Crippen molar-refractivity contribution in [1.82, 2.24) is 19.8 Å². The molecule has 1 atom stereocenters. The lowest BCUT2D eigenvalue weighted by Gasteiger charge is -2.15. The van der Waals surface area contributed by atoms with Gasteiger partial charge in [0.1, 0.15) is 5.82 Å². The van der Waals surface area contributed by atoms with E-state index in [1.54, 1.807) is 6.07 Å². The van der Waals surface area contributed by atoms with Gasteiger partial charge >= 0.3 is 0 Å². The normalized spacial score (nSPS) is 15.3. The number of nitrogens with zero attached hydrogens (tertiary/aromatic N) is 5. The maximum atomic E-state index is 9.02. The highest BCUT2D eigenvalue weighted by molar-refractivity contribution is 5.46. The van der Waals surface area contributed by atoms with Crippen molar-refractivity contribution in [2.24, 2.45) is 0 Å². The van der Waals surface area contributed by atoms with E-state index in [0.29, 0.717) is 11.5 Å². The number of rotatable bonds is 4. The van der Waals surface area contributed by atoms with Crippen LogP contribution in [0, 0.1) is 11.3 Å². The number of benzene rings is 1. The molecule has 1 aliphatic rings. The van der Waals surface area contributed by atoms with Gasteiger partial charge in [-0.05, 0) is 49.6 Å². The average molecular weight is 304 g/mol. The second-order valence-electron chi connectivity index (χ2n) is 5.92. The highest BCUT2D eigenvalue weighted by Gasteiger charge is 2.29. The van der Waals surface area contributed by atoms with Gasteiger partial charge < -0.3 is 5.32 Å². The third-order valence-corrected chi connectivity index (χ3v) is 4.11. The van der Waals surface area contributed by atoms with E-state index in [4.69, 9.17) is 5.26 Å². The summed E-state index contributed by atoms with van der Waals surface area (Å²) in [5.74, 6) is 2.22. The molecule has 0 spiro atoms. The van der Waals surface area contributed by atoms with E-state index in [0.717, 1.165) is 35.7 Å². The molecule has 0 saturated heterocycles. The summed E-state index contributed by atoms with van der Waals surface area (Å²) < 4.78 is 1.83. The first kappa shape index (κ1) is 13.7. The van der Waals surface area contributed by atoms with Crippen LogP contribution in [0.2, 0.25) is 0 Å². The molecule has 1 unspecified atom stereocenters. The summed E-state index contributed by atoms with van der Waals surface area (Å²) in [4.78, 5) is 0. The number of hydrogen-bond donors (Lipinski definition) is 1. The molecule has 1 aliphatic carbocycles. The highest BCUT2D eigenvalue weighted by Crippen LogP contribution is 2.38. The van der Waals surface area contributed by atoms with Crippen LogP contribution in [-0.4, -0.2) is 19.8 Å². The lowest BCUT2D eigenvalue weighted by molar-refractivity contribution is 0.798. The molecule has 2 heterocycles. The fraction of sp³-hybridized carbons (Fsp3) is 0.294. The maximum Gasteiger partial charge on any atom is 0.178 e. The van der Waals surface area contributed by atoms with Crippen molar-refractivity contribution in [2.45, 2.75) is 31.7 Å². The zero-order valence-electron chi connectivity index (χ0n) is 12.8. The van der Waals surface area contributed by atoms with Gasteiger partial charge in [-0.25, -0.2) is 0 Å². The molecule has 6 nitrogen and oxygen atoms in total. The summed E-state index contributed by atoms with van der Waals surface area (Å²) in [5, 5.41) is 25.4. The molecule has 23 heavy (non-hydrogen) atoms. The molecule has 0 amide bonds. The van der Waals surface area contributed by atoms with E-state index >= 15 is 0 Å². The molecule has 0 bridgehead atoms. The summed E-state index contributed by atoms with van der Waals surface area (Å²) in [6.45, 7) is 2.05. The van der Waals surface area contributed by atoms with E-state index in [2.05, 4.69) is 33.6 Å². The molecule has 114 valence electrons. The Morgan fingerprint density at radius 1 is 1.26 bits per heavy atom. The van der Waals surface area contributed by atoms with E-state index in [9.17, 15) is 0 Å². The Morgan fingerprint density at radius 2 is 2.13 bits per heavy atom. The Balaban J connectivity index is 1.61. The van der Waals surface area contributed by atoms with Gasteiger partial charge in [0.25, 0.3) is 0 Å². The minimum Gasteiger partial charge on any atom is -0.362 e. The van der Waals surface area contributed by atoms with E-state index in [-0.39, 0.29) is 6.04 Å². The van der Waals surface area contributed by atoms with Crippen molar-refractivity contribution in [2.75, 3.05) is 5.32 Å². The molecule has 6 heteroatoms. The minimum absolute atomic E-state index is 0.0501. The summed E-state index contributed by atoms with van der Waals surface area (Å²) in [5.41, 5.74) is 2.49. The maximum absolute atomic E-state index is 9.02. The summed E-state index contributed by atoms with van der Waals surface area (Å²) in [7, 11) is 0. The fourth-order valence-electron chi connectivity index (χ4n) is 2.66. The topological polar surface area (TPSA) is 78.9 Å². The molecule has 0 aliphatic heterocycles. The van der Waals surface area contributed by atoms with Crippen molar-refractivity contribution < 1.29 is 0 Å². The van der Waals surface area contributed by atoms with Crippen molar-refractivity contribution >= 4 is 11.5 Å². The molecule has 1 N–H and O–H groups in total. The number of nitrogens with one attached hydrogen (secondary N) is 1. The third kappa shape index (κ3) is 2.61. The average Bonchev–Trinajstić information content (AvgIpc) is 3.34. The number of anilines is 1.